The molecular weight excluding hydrogens is 218 g/mol. The summed E-state index contributed by atoms with van der Waals surface area (Å²) in [6, 6.07) is 1.28. The molecule has 0 unspecified atom stereocenters. The summed E-state index contributed by atoms with van der Waals surface area (Å²) in [4.78, 5) is 2.58. The van der Waals surface area contributed by atoms with Crippen LogP contribution in [0.4, 0.5) is 0 Å². The Bertz CT molecular complexity index is 457. The van der Waals surface area contributed by atoms with Crippen LogP contribution in [0.5, 0.6) is 0 Å². The van der Waals surface area contributed by atoms with Crippen molar-refractivity contribution >= 4 is 6.01 Å². The van der Waals surface area contributed by atoms with Crippen LogP contribution in [-0.4, -0.2) is 15.7 Å². The predicted octanol–water partition coefficient (Wildman–Crippen LogP) is 0.816. The second kappa shape index (κ2) is 9.28. The molecular formula is C11H17N5O. The zero-order valence-corrected chi connectivity index (χ0v) is 10.1. The van der Waals surface area contributed by atoms with Crippen molar-refractivity contribution < 1.29 is 11.0 Å². The molecule has 0 fully saturated rings. The zero-order chi connectivity index (χ0) is 14.0. The Morgan fingerprint density at radius 3 is 2.82 bits per heavy atom. The third kappa shape index (κ3) is 6.25. The Morgan fingerprint density at radius 2 is 2.47 bits per heavy atom. The quantitative estimate of drug-likeness (QED) is 0.476. The Balaban J connectivity index is 0.000000494. The second-order valence-corrected chi connectivity index (χ2v) is 3.30. The van der Waals surface area contributed by atoms with Crippen LogP contribution in [0.25, 0.3) is 5.41 Å². The number of aliphatic imine (C=N–C) groups is 1. The molecule has 0 aliphatic carbocycles. The van der Waals surface area contributed by atoms with Crippen LogP contribution in [0, 0.1) is 11.5 Å². The van der Waals surface area contributed by atoms with Crippen molar-refractivity contribution in [2.45, 2.75) is 32.9 Å². The highest BCUT2D eigenvalue weighted by atomic mass is 16.3. The minimum absolute atomic E-state index is 0.00149. The zero-order valence-electron chi connectivity index (χ0n) is 11.1. The first-order chi connectivity index (χ1) is 8.62. The van der Waals surface area contributed by atoms with E-state index < -0.39 is 0 Å². The van der Waals surface area contributed by atoms with Crippen LogP contribution < -0.4 is 4.57 Å². The Kier molecular flexibility index (Phi) is 7.15. The number of imidazole rings is 1. The van der Waals surface area contributed by atoms with Gasteiger partial charge in [-0.2, -0.15) is 5.26 Å². The van der Waals surface area contributed by atoms with Crippen LogP contribution in [0.3, 0.4) is 0 Å². The van der Waals surface area contributed by atoms with E-state index in [1.165, 1.54) is 12.2 Å². The van der Waals surface area contributed by atoms with Crippen molar-refractivity contribution in [3.8, 4) is 6.19 Å². The second-order valence-electron chi connectivity index (χ2n) is 3.30. The van der Waals surface area contributed by atoms with Crippen molar-refractivity contribution in [2.24, 2.45) is 12.0 Å². The summed E-state index contributed by atoms with van der Waals surface area (Å²) in [6.45, 7) is 2.99. The molecule has 0 atom stereocenters. The summed E-state index contributed by atoms with van der Waals surface area (Å²) in [5.41, 5.74) is 0.793. The minimum atomic E-state index is 0.00149. The molecule has 0 saturated heterocycles. The van der Waals surface area contributed by atoms with E-state index in [2.05, 4.69) is 11.9 Å². The molecule has 6 heteroatoms. The largest absolute Gasteiger partial charge is 0.422 e. The molecule has 1 rings (SSSR count). The van der Waals surface area contributed by atoms with Crippen molar-refractivity contribution in [3.63, 3.8) is 0 Å². The minimum Gasteiger partial charge on any atom is -0.422 e. The smallest absolute Gasteiger partial charge is 0.243 e. The number of aromatic nitrogens is 2. The Labute approximate surface area is 102 Å². The maximum absolute atomic E-state index is 8.96. The molecule has 0 radical (unpaired) electrons. The van der Waals surface area contributed by atoms with Gasteiger partial charge in [-0.1, -0.05) is 13.3 Å². The molecule has 17 heavy (non-hydrogen) atoms. The summed E-state index contributed by atoms with van der Waals surface area (Å²) in [5, 5.41) is 23.8. The number of rotatable bonds is 4. The first kappa shape index (κ1) is 13.1. The number of hydrogen-bond donors (Lipinski definition) is 1. The third-order valence-electron chi connectivity index (χ3n) is 2.03. The molecule has 0 amide bonds. The molecule has 0 saturated carbocycles. The van der Waals surface area contributed by atoms with Gasteiger partial charge < -0.3 is 15.5 Å². The fraction of sp³-hybridized carbons (Fsp3) is 0.545. The lowest BCUT2D eigenvalue weighted by Crippen LogP contribution is -2.30. The van der Waals surface area contributed by atoms with E-state index in [9.17, 15) is 0 Å². The summed E-state index contributed by atoms with van der Waals surface area (Å²) in [6.07, 6.45) is 5.78. The van der Waals surface area contributed by atoms with Gasteiger partial charge in [0, 0.05) is 0 Å². The maximum atomic E-state index is 8.96. The highest BCUT2D eigenvalue weighted by Gasteiger charge is 2.07. The molecule has 0 spiro atoms. The normalized spacial score (nSPS) is 9.41. The number of hydrogen-bond acceptors (Lipinski definition) is 3. The molecule has 92 valence electrons. The van der Waals surface area contributed by atoms with E-state index in [1.54, 1.807) is 11.6 Å². The molecule has 0 aliphatic heterocycles. The van der Waals surface area contributed by atoms with Crippen molar-refractivity contribution in [1.82, 2.24) is 4.57 Å². The lowest BCUT2D eigenvalue weighted by atomic mass is 10.3. The Hall–Kier alpha value is -1.96. The van der Waals surface area contributed by atoms with Gasteiger partial charge in [0.1, 0.15) is 12.8 Å². The van der Waals surface area contributed by atoms with E-state index in [0.717, 1.165) is 25.1 Å². The average molecular weight is 236 g/mol. The van der Waals surface area contributed by atoms with Gasteiger partial charge in [0.2, 0.25) is 6.30 Å². The molecule has 0 bridgehead atoms. The number of aliphatic hydroxyl groups excluding tert-OH is 1. The van der Waals surface area contributed by atoms with Gasteiger partial charge in [0.25, 0.3) is 0 Å². The van der Waals surface area contributed by atoms with E-state index in [1.807, 2.05) is 10.8 Å². The summed E-state index contributed by atoms with van der Waals surface area (Å²) >= 11 is 0. The van der Waals surface area contributed by atoms with Crippen LogP contribution in [0.2, 0.25) is 0 Å². The van der Waals surface area contributed by atoms with Gasteiger partial charge in [-0.15, -0.1) is 6.01 Å². The molecule has 0 aromatic carbocycles. The first-order valence-electron chi connectivity index (χ1n) is 5.75. The molecule has 1 aromatic rings. The number of nitrogens with zero attached hydrogens (tertiary/aromatic N) is 5. The van der Waals surface area contributed by atoms with Gasteiger partial charge in [-0.05, 0) is 6.42 Å². The third-order valence-corrected chi connectivity index (χ3v) is 2.03. The fourth-order valence-electron chi connectivity index (χ4n) is 1.16. The summed E-state index contributed by atoms with van der Waals surface area (Å²) in [7, 11) is 1.80. The molecule has 1 aromatic heterocycles. The van der Waals surface area contributed by atoms with Gasteiger partial charge in [0.15, 0.2) is 7.06 Å². The van der Waals surface area contributed by atoms with E-state index in [4.69, 9.17) is 17.1 Å². The summed E-state index contributed by atoms with van der Waals surface area (Å²) < 4.78 is 11.3. The van der Waals surface area contributed by atoms with Crippen LogP contribution in [0.15, 0.2) is 17.5 Å². The van der Waals surface area contributed by atoms with Crippen LogP contribution in [0.1, 0.15) is 26.8 Å². The number of aryl methyl sites for hydroxylation is 1. The van der Waals surface area contributed by atoms with Crippen LogP contribution in [-0.2, 0) is 20.2 Å². The fourth-order valence-corrected chi connectivity index (χ4v) is 1.16. The van der Waals surface area contributed by atoms with E-state index >= 15 is 0 Å². The molecule has 1 N–H and O–H groups in total. The van der Waals surface area contributed by atoms with E-state index in [0.29, 0.717) is 6.30 Å². The van der Waals surface area contributed by atoms with Crippen molar-refractivity contribution in [3.05, 3.63) is 23.6 Å². The topological polar surface area (TPSA) is 87.5 Å². The number of aliphatic hydroxyl groups is 1. The van der Waals surface area contributed by atoms with Gasteiger partial charge in [-0.3, -0.25) is 0 Å². The van der Waals surface area contributed by atoms with Crippen molar-refractivity contribution in [1.29, 1.82) is 5.26 Å². The van der Waals surface area contributed by atoms with Crippen molar-refractivity contribution in [2.75, 3.05) is 0 Å². The van der Waals surface area contributed by atoms with Gasteiger partial charge >= 0.3 is 0 Å². The van der Waals surface area contributed by atoms with E-state index in [-0.39, 0.29) is 6.61 Å². The van der Waals surface area contributed by atoms with Gasteiger partial charge in [0.05, 0.1) is 19.8 Å². The SMILES string of the molecule is N#CN=C=[N-].[2H]c1n(C)c(CO)c[n+]1CCCC. The lowest BCUT2D eigenvalue weighted by Gasteiger charge is -1.90. The molecule has 6 nitrogen and oxygen atoms in total. The lowest BCUT2D eigenvalue weighted by molar-refractivity contribution is -0.697. The highest BCUT2D eigenvalue weighted by molar-refractivity contribution is 5.46. The predicted molar refractivity (Wildman–Crippen MR) is 62.8 cm³/mol. The highest BCUT2D eigenvalue weighted by Crippen LogP contribution is 1.94. The van der Waals surface area contributed by atoms with Crippen LogP contribution >= 0.6 is 0 Å². The average Bonchev–Trinajstić information content (AvgIpc) is 2.65. The number of unbranched alkanes of at least 4 members (excludes halogenated alkanes) is 1. The molecule has 1 heterocycles. The Morgan fingerprint density at radius 1 is 1.76 bits per heavy atom. The monoisotopic (exact) mass is 236 g/mol. The molecule has 0 aliphatic rings. The maximum Gasteiger partial charge on any atom is 0.243 e. The summed E-state index contributed by atoms with van der Waals surface area (Å²) in [5.74, 6) is 0. The standard InChI is InChI=1S/C9H17N2O.C2N3/c1-3-4-5-11-6-9(7-12)10(2)8-11;3-1-5-2-4/h6,8,12H,3-5,7H2,1-2H3;/q+1;-1/i8D;. The number of nitriles is 1. The van der Waals surface area contributed by atoms with Gasteiger partial charge in [-0.25, -0.2) is 9.13 Å². The first-order valence-corrected chi connectivity index (χ1v) is 5.25.